The van der Waals surface area contributed by atoms with E-state index in [1.807, 2.05) is 0 Å². The number of carbonyl (C=O) groups excluding carboxylic acids is 1. The molecule has 0 bridgehead atoms. The topological polar surface area (TPSA) is 43.1 Å². The normalized spacial score (nSPS) is 15.1. The molecule has 0 aliphatic heterocycles. The molecular formula is C12H25NO. The molecule has 2 heteroatoms. The minimum atomic E-state index is -0.115. The number of unbranched alkanes of at least 4 members (excludes halogenated alkanes) is 2. The van der Waals surface area contributed by atoms with E-state index >= 15 is 0 Å². The van der Waals surface area contributed by atoms with Gasteiger partial charge in [0.05, 0.1) is 0 Å². The van der Waals surface area contributed by atoms with Crippen molar-refractivity contribution in [2.75, 3.05) is 0 Å². The molecule has 84 valence electrons. The van der Waals surface area contributed by atoms with E-state index < -0.39 is 0 Å². The maximum atomic E-state index is 11.2. The second kappa shape index (κ2) is 7.84. The molecule has 0 aromatic carbocycles. The number of hydrogen-bond donors (Lipinski definition) is 1. The van der Waals surface area contributed by atoms with Gasteiger partial charge in [0.2, 0.25) is 5.91 Å². The van der Waals surface area contributed by atoms with Gasteiger partial charge in [-0.25, -0.2) is 0 Å². The zero-order valence-corrected chi connectivity index (χ0v) is 9.88. The highest BCUT2D eigenvalue weighted by molar-refractivity contribution is 5.76. The van der Waals surface area contributed by atoms with Crippen LogP contribution in [0.4, 0.5) is 0 Å². The molecule has 0 heterocycles. The number of hydrogen-bond acceptors (Lipinski definition) is 1. The van der Waals surface area contributed by atoms with Crippen LogP contribution >= 0.6 is 0 Å². The molecule has 0 aromatic heterocycles. The Morgan fingerprint density at radius 3 is 2.14 bits per heavy atom. The van der Waals surface area contributed by atoms with Gasteiger partial charge in [0, 0.05) is 5.92 Å². The first-order chi connectivity index (χ1) is 6.67. The van der Waals surface area contributed by atoms with Gasteiger partial charge in [-0.05, 0) is 18.8 Å². The van der Waals surface area contributed by atoms with Crippen molar-refractivity contribution < 1.29 is 4.79 Å². The fourth-order valence-electron chi connectivity index (χ4n) is 2.11. The first-order valence-corrected chi connectivity index (χ1v) is 5.96. The third-order valence-corrected chi connectivity index (χ3v) is 3.08. The Balaban J connectivity index is 4.01. The predicted octanol–water partition coefficient (Wildman–Crippen LogP) is 3.10. The summed E-state index contributed by atoms with van der Waals surface area (Å²) in [5.41, 5.74) is 5.39. The van der Waals surface area contributed by atoms with Gasteiger partial charge < -0.3 is 5.73 Å². The van der Waals surface area contributed by atoms with Crippen LogP contribution in [-0.4, -0.2) is 5.91 Å². The summed E-state index contributed by atoms with van der Waals surface area (Å²) in [4.78, 5) is 11.2. The van der Waals surface area contributed by atoms with Crippen LogP contribution in [0, 0.1) is 11.8 Å². The van der Waals surface area contributed by atoms with E-state index in [0.29, 0.717) is 5.92 Å². The van der Waals surface area contributed by atoms with Gasteiger partial charge in [0.15, 0.2) is 0 Å². The molecule has 0 fully saturated rings. The van der Waals surface area contributed by atoms with E-state index in [-0.39, 0.29) is 11.8 Å². The Labute approximate surface area is 88.3 Å². The van der Waals surface area contributed by atoms with Gasteiger partial charge in [0.25, 0.3) is 0 Å². The Bertz CT molecular complexity index is 156. The van der Waals surface area contributed by atoms with Gasteiger partial charge in [0.1, 0.15) is 0 Å². The summed E-state index contributed by atoms with van der Waals surface area (Å²) in [7, 11) is 0. The number of amides is 1. The average molecular weight is 199 g/mol. The van der Waals surface area contributed by atoms with Crippen molar-refractivity contribution in [2.24, 2.45) is 17.6 Å². The molecule has 0 spiro atoms. The fraction of sp³-hybridized carbons (Fsp3) is 0.917. The Morgan fingerprint density at radius 2 is 1.79 bits per heavy atom. The summed E-state index contributed by atoms with van der Waals surface area (Å²) in [5, 5.41) is 0. The number of carbonyl (C=O) groups is 1. The molecule has 2 unspecified atom stereocenters. The van der Waals surface area contributed by atoms with Crippen molar-refractivity contribution in [2.45, 2.75) is 59.3 Å². The minimum Gasteiger partial charge on any atom is -0.369 e. The van der Waals surface area contributed by atoms with Gasteiger partial charge >= 0.3 is 0 Å². The zero-order valence-electron chi connectivity index (χ0n) is 9.88. The van der Waals surface area contributed by atoms with Crippen LogP contribution in [-0.2, 0) is 4.79 Å². The molecule has 0 aromatic rings. The Hall–Kier alpha value is -0.530. The molecule has 0 saturated carbocycles. The molecule has 0 radical (unpaired) electrons. The van der Waals surface area contributed by atoms with Crippen molar-refractivity contribution in [1.29, 1.82) is 0 Å². The molecule has 2 N–H and O–H groups in total. The standard InChI is InChI=1S/C12H25NO/c1-4-7-8-9-10(5-2)11(6-3)12(13)14/h10-11H,4-9H2,1-3H3,(H2,13,14). The summed E-state index contributed by atoms with van der Waals surface area (Å²) in [6, 6.07) is 0. The molecule has 0 aliphatic carbocycles. The van der Waals surface area contributed by atoms with E-state index in [0.717, 1.165) is 19.3 Å². The van der Waals surface area contributed by atoms with Crippen LogP contribution in [0.1, 0.15) is 59.3 Å². The Morgan fingerprint density at radius 1 is 1.14 bits per heavy atom. The minimum absolute atomic E-state index is 0.0943. The van der Waals surface area contributed by atoms with E-state index in [2.05, 4.69) is 20.8 Å². The predicted molar refractivity (Wildman–Crippen MR) is 60.9 cm³/mol. The lowest BCUT2D eigenvalue weighted by molar-refractivity contribution is -0.123. The van der Waals surface area contributed by atoms with E-state index in [4.69, 9.17) is 5.73 Å². The van der Waals surface area contributed by atoms with Gasteiger partial charge in [-0.1, -0.05) is 46.5 Å². The maximum Gasteiger partial charge on any atom is 0.220 e. The largest absolute Gasteiger partial charge is 0.369 e. The highest BCUT2D eigenvalue weighted by Gasteiger charge is 2.22. The van der Waals surface area contributed by atoms with E-state index in [1.165, 1.54) is 19.3 Å². The average Bonchev–Trinajstić information content (AvgIpc) is 2.16. The smallest absolute Gasteiger partial charge is 0.220 e. The molecule has 0 rings (SSSR count). The summed E-state index contributed by atoms with van der Waals surface area (Å²) in [5.74, 6) is 0.483. The molecular weight excluding hydrogens is 174 g/mol. The molecule has 2 nitrogen and oxygen atoms in total. The van der Waals surface area contributed by atoms with Crippen LogP contribution in [0.15, 0.2) is 0 Å². The van der Waals surface area contributed by atoms with Crippen LogP contribution in [0.25, 0.3) is 0 Å². The van der Waals surface area contributed by atoms with Crippen LogP contribution < -0.4 is 5.73 Å². The number of primary amides is 1. The number of nitrogens with two attached hydrogens (primary N) is 1. The fourth-order valence-corrected chi connectivity index (χ4v) is 2.11. The second-order valence-corrected chi connectivity index (χ2v) is 4.08. The van der Waals surface area contributed by atoms with Crippen LogP contribution in [0.2, 0.25) is 0 Å². The third kappa shape index (κ3) is 4.64. The highest BCUT2D eigenvalue weighted by atomic mass is 16.1. The molecule has 0 saturated heterocycles. The number of rotatable bonds is 8. The summed E-state index contributed by atoms with van der Waals surface area (Å²) in [6.45, 7) is 6.41. The quantitative estimate of drug-likeness (QED) is 0.600. The van der Waals surface area contributed by atoms with Crippen LogP contribution in [0.3, 0.4) is 0 Å². The van der Waals surface area contributed by atoms with Crippen molar-refractivity contribution in [1.82, 2.24) is 0 Å². The van der Waals surface area contributed by atoms with Crippen molar-refractivity contribution in [3.8, 4) is 0 Å². The summed E-state index contributed by atoms with van der Waals surface area (Å²) in [6.07, 6.45) is 6.87. The second-order valence-electron chi connectivity index (χ2n) is 4.08. The summed E-state index contributed by atoms with van der Waals surface area (Å²) >= 11 is 0. The van der Waals surface area contributed by atoms with E-state index in [9.17, 15) is 4.79 Å². The highest BCUT2D eigenvalue weighted by Crippen LogP contribution is 2.24. The summed E-state index contributed by atoms with van der Waals surface area (Å²) < 4.78 is 0. The first kappa shape index (κ1) is 13.5. The monoisotopic (exact) mass is 199 g/mol. The SMILES string of the molecule is CCCCCC(CC)C(CC)C(N)=O. The van der Waals surface area contributed by atoms with Crippen LogP contribution in [0.5, 0.6) is 0 Å². The van der Waals surface area contributed by atoms with Gasteiger partial charge in [-0.15, -0.1) is 0 Å². The molecule has 0 aliphatic rings. The van der Waals surface area contributed by atoms with E-state index in [1.54, 1.807) is 0 Å². The first-order valence-electron chi connectivity index (χ1n) is 5.96. The van der Waals surface area contributed by atoms with Crippen molar-refractivity contribution in [3.05, 3.63) is 0 Å². The van der Waals surface area contributed by atoms with Crippen molar-refractivity contribution in [3.63, 3.8) is 0 Å². The zero-order chi connectivity index (χ0) is 11.0. The lowest BCUT2D eigenvalue weighted by Gasteiger charge is -2.22. The lowest BCUT2D eigenvalue weighted by Crippen LogP contribution is -2.29. The molecule has 1 amide bonds. The Kier molecular flexibility index (Phi) is 7.54. The third-order valence-electron chi connectivity index (χ3n) is 3.08. The molecule has 14 heavy (non-hydrogen) atoms. The van der Waals surface area contributed by atoms with Gasteiger partial charge in [-0.3, -0.25) is 4.79 Å². The maximum absolute atomic E-state index is 11.2. The molecule has 2 atom stereocenters. The lowest BCUT2D eigenvalue weighted by atomic mass is 9.83. The van der Waals surface area contributed by atoms with Crippen molar-refractivity contribution >= 4 is 5.91 Å². The van der Waals surface area contributed by atoms with Gasteiger partial charge in [-0.2, -0.15) is 0 Å².